The van der Waals surface area contributed by atoms with Crippen LogP contribution in [-0.2, 0) is 9.53 Å². The molecule has 1 aliphatic rings. The summed E-state index contributed by atoms with van der Waals surface area (Å²) in [7, 11) is 1.64. The number of aromatic nitrogens is 1. The van der Waals surface area contributed by atoms with Crippen LogP contribution in [0.3, 0.4) is 0 Å². The molecular formula is C14H20N4O3. The minimum Gasteiger partial charge on any atom is -0.383 e. The van der Waals surface area contributed by atoms with Gasteiger partial charge in [-0.25, -0.2) is 0 Å². The van der Waals surface area contributed by atoms with Gasteiger partial charge in [0.2, 0.25) is 6.41 Å². The second-order valence-electron chi connectivity index (χ2n) is 4.78. The van der Waals surface area contributed by atoms with Gasteiger partial charge in [-0.2, -0.15) is 0 Å². The van der Waals surface area contributed by atoms with E-state index in [0.717, 1.165) is 12.1 Å². The van der Waals surface area contributed by atoms with Crippen LogP contribution in [0, 0.1) is 0 Å². The lowest BCUT2D eigenvalue weighted by Crippen LogP contribution is -2.48. The first-order valence-corrected chi connectivity index (χ1v) is 6.92. The Balaban J connectivity index is 1.96. The fourth-order valence-corrected chi connectivity index (χ4v) is 2.15. The smallest absolute Gasteiger partial charge is 0.272 e. The molecule has 1 aromatic heterocycles. The molecule has 0 atom stereocenters. The van der Waals surface area contributed by atoms with Gasteiger partial charge >= 0.3 is 0 Å². The molecule has 1 fully saturated rings. The topological polar surface area (TPSA) is 74.8 Å². The van der Waals surface area contributed by atoms with E-state index in [0.29, 0.717) is 45.0 Å². The molecule has 0 bridgehead atoms. The van der Waals surface area contributed by atoms with Crippen LogP contribution in [0.25, 0.3) is 0 Å². The lowest BCUT2D eigenvalue weighted by molar-refractivity contribution is -0.119. The number of rotatable bonds is 6. The lowest BCUT2D eigenvalue weighted by Gasteiger charge is -2.32. The molecule has 7 nitrogen and oxygen atoms in total. The maximum absolute atomic E-state index is 12.4. The highest BCUT2D eigenvalue weighted by Gasteiger charge is 2.22. The molecule has 21 heavy (non-hydrogen) atoms. The average molecular weight is 292 g/mol. The minimum absolute atomic E-state index is 0.101. The fraction of sp³-hybridized carbons (Fsp3) is 0.500. The number of methoxy groups -OCH3 is 1. The molecule has 0 aliphatic carbocycles. The van der Waals surface area contributed by atoms with Gasteiger partial charge in [-0.05, 0) is 12.1 Å². The van der Waals surface area contributed by atoms with Crippen molar-refractivity contribution in [2.75, 3.05) is 51.8 Å². The Morgan fingerprint density at radius 3 is 2.86 bits per heavy atom. The van der Waals surface area contributed by atoms with Crippen LogP contribution in [0.2, 0.25) is 0 Å². The molecule has 114 valence electrons. The van der Waals surface area contributed by atoms with E-state index in [1.54, 1.807) is 29.2 Å². The quantitative estimate of drug-likeness (QED) is 0.592. The van der Waals surface area contributed by atoms with Crippen LogP contribution in [0.4, 0.5) is 5.69 Å². The molecule has 0 radical (unpaired) electrons. The molecule has 0 unspecified atom stereocenters. The summed E-state index contributed by atoms with van der Waals surface area (Å²) in [6, 6.07) is 3.56. The zero-order chi connectivity index (χ0) is 15.1. The number of anilines is 1. The molecule has 0 spiro atoms. The highest BCUT2D eigenvalue weighted by atomic mass is 16.5. The van der Waals surface area contributed by atoms with E-state index < -0.39 is 0 Å². The number of pyridine rings is 1. The van der Waals surface area contributed by atoms with Crippen LogP contribution in [0.5, 0.6) is 0 Å². The molecule has 1 aromatic rings. The van der Waals surface area contributed by atoms with Gasteiger partial charge in [-0.3, -0.25) is 14.6 Å². The van der Waals surface area contributed by atoms with Crippen molar-refractivity contribution in [3.63, 3.8) is 0 Å². The Hall–Kier alpha value is -2.15. The van der Waals surface area contributed by atoms with Crippen molar-refractivity contribution in [3.05, 3.63) is 24.0 Å². The van der Waals surface area contributed by atoms with Crippen LogP contribution in [0.15, 0.2) is 18.3 Å². The molecule has 1 N–H and O–H groups in total. The van der Waals surface area contributed by atoms with Gasteiger partial charge in [-0.15, -0.1) is 0 Å². The standard InChI is InChI=1S/C14H20N4O3/c1-21-9-4-15-12-2-3-16-13(10-12)14(20)18-7-5-17(11-19)6-8-18/h2-3,10-11H,4-9H2,1H3,(H,15,16). The summed E-state index contributed by atoms with van der Waals surface area (Å²) in [5.74, 6) is -0.101. The lowest BCUT2D eigenvalue weighted by atomic mass is 10.2. The summed E-state index contributed by atoms with van der Waals surface area (Å²) in [5.41, 5.74) is 1.26. The maximum atomic E-state index is 12.4. The summed E-state index contributed by atoms with van der Waals surface area (Å²) < 4.78 is 4.97. The van der Waals surface area contributed by atoms with Crippen LogP contribution < -0.4 is 5.32 Å². The van der Waals surface area contributed by atoms with E-state index in [1.807, 2.05) is 6.07 Å². The Kier molecular flexibility index (Phi) is 5.51. The van der Waals surface area contributed by atoms with E-state index in [9.17, 15) is 9.59 Å². The fourth-order valence-electron chi connectivity index (χ4n) is 2.15. The molecular weight excluding hydrogens is 272 g/mol. The van der Waals surface area contributed by atoms with Crippen molar-refractivity contribution in [1.82, 2.24) is 14.8 Å². The van der Waals surface area contributed by atoms with E-state index in [-0.39, 0.29) is 5.91 Å². The molecule has 7 heteroatoms. The second kappa shape index (κ2) is 7.58. The van der Waals surface area contributed by atoms with Crippen LogP contribution in [-0.4, -0.2) is 73.5 Å². The van der Waals surface area contributed by atoms with Gasteiger partial charge < -0.3 is 19.9 Å². The molecule has 2 rings (SSSR count). The van der Waals surface area contributed by atoms with Gasteiger partial charge in [0.25, 0.3) is 5.91 Å². The SMILES string of the molecule is COCCNc1ccnc(C(=O)N2CCN(C=O)CC2)c1. The second-order valence-corrected chi connectivity index (χ2v) is 4.78. The molecule has 0 aromatic carbocycles. The van der Waals surface area contributed by atoms with Crippen LogP contribution >= 0.6 is 0 Å². The van der Waals surface area contributed by atoms with E-state index in [4.69, 9.17) is 4.74 Å². The zero-order valence-corrected chi connectivity index (χ0v) is 12.1. The summed E-state index contributed by atoms with van der Waals surface area (Å²) >= 11 is 0. The van der Waals surface area contributed by atoms with Crippen molar-refractivity contribution < 1.29 is 14.3 Å². The highest BCUT2D eigenvalue weighted by molar-refractivity contribution is 5.93. The van der Waals surface area contributed by atoms with Crippen molar-refractivity contribution in [1.29, 1.82) is 0 Å². The zero-order valence-electron chi connectivity index (χ0n) is 12.1. The number of ether oxygens (including phenoxy) is 1. The predicted molar refractivity (Wildman–Crippen MR) is 78.1 cm³/mol. The largest absolute Gasteiger partial charge is 0.383 e. The molecule has 0 saturated carbocycles. The summed E-state index contributed by atoms with van der Waals surface area (Å²) in [6.07, 6.45) is 2.43. The third-order valence-corrected chi connectivity index (χ3v) is 3.36. The number of piperazine rings is 1. The molecule has 2 amide bonds. The summed E-state index contributed by atoms with van der Waals surface area (Å²) in [6.45, 7) is 3.49. The number of amides is 2. The summed E-state index contributed by atoms with van der Waals surface area (Å²) in [4.78, 5) is 30.6. The van der Waals surface area contributed by atoms with Gasteiger partial charge in [0.15, 0.2) is 0 Å². The number of nitrogens with zero attached hydrogens (tertiary/aromatic N) is 3. The first-order valence-electron chi connectivity index (χ1n) is 6.92. The third kappa shape index (κ3) is 4.16. The molecule has 2 heterocycles. The first kappa shape index (κ1) is 15.2. The van der Waals surface area contributed by atoms with Crippen molar-refractivity contribution in [2.24, 2.45) is 0 Å². The van der Waals surface area contributed by atoms with Gasteiger partial charge in [-0.1, -0.05) is 0 Å². The van der Waals surface area contributed by atoms with E-state index in [2.05, 4.69) is 10.3 Å². The van der Waals surface area contributed by atoms with Gasteiger partial charge in [0.05, 0.1) is 6.61 Å². The van der Waals surface area contributed by atoms with Gasteiger partial charge in [0.1, 0.15) is 5.69 Å². The van der Waals surface area contributed by atoms with Crippen molar-refractivity contribution >= 4 is 18.0 Å². The monoisotopic (exact) mass is 292 g/mol. The molecule has 1 aliphatic heterocycles. The number of nitrogens with one attached hydrogen (secondary N) is 1. The third-order valence-electron chi connectivity index (χ3n) is 3.36. The minimum atomic E-state index is -0.101. The Morgan fingerprint density at radius 2 is 2.19 bits per heavy atom. The van der Waals surface area contributed by atoms with Crippen molar-refractivity contribution in [3.8, 4) is 0 Å². The van der Waals surface area contributed by atoms with Crippen molar-refractivity contribution in [2.45, 2.75) is 0 Å². The summed E-state index contributed by atoms with van der Waals surface area (Å²) in [5, 5.41) is 3.17. The average Bonchev–Trinajstić information content (AvgIpc) is 2.55. The van der Waals surface area contributed by atoms with E-state index >= 15 is 0 Å². The Labute approximate surface area is 123 Å². The van der Waals surface area contributed by atoms with Crippen LogP contribution in [0.1, 0.15) is 10.5 Å². The molecule has 1 saturated heterocycles. The predicted octanol–water partition coefficient (Wildman–Crippen LogP) is 0.0541. The van der Waals surface area contributed by atoms with Gasteiger partial charge in [0, 0.05) is 51.7 Å². The maximum Gasteiger partial charge on any atom is 0.272 e. The number of hydrogen-bond acceptors (Lipinski definition) is 5. The van der Waals surface area contributed by atoms with E-state index in [1.165, 1.54) is 0 Å². The Morgan fingerprint density at radius 1 is 1.43 bits per heavy atom. The Bertz CT molecular complexity index is 487. The highest BCUT2D eigenvalue weighted by Crippen LogP contribution is 2.11. The first-order chi connectivity index (χ1) is 10.2. The number of carbonyl (C=O) groups is 2. The normalized spacial score (nSPS) is 14.9. The number of carbonyl (C=O) groups excluding carboxylic acids is 2. The number of hydrogen-bond donors (Lipinski definition) is 1.